The molecular weight excluding hydrogens is 328 g/mol. The van der Waals surface area contributed by atoms with Crippen molar-refractivity contribution in [3.05, 3.63) is 65.7 Å². The molecule has 2 aromatic rings. The lowest BCUT2D eigenvalue weighted by atomic mass is 10.1. The molecule has 0 saturated carbocycles. The minimum atomic E-state index is -0.195. The molecule has 1 aliphatic rings. The van der Waals surface area contributed by atoms with Crippen LogP contribution in [0.3, 0.4) is 0 Å². The van der Waals surface area contributed by atoms with Gasteiger partial charge in [-0.15, -0.1) is 0 Å². The summed E-state index contributed by atoms with van der Waals surface area (Å²) in [5.41, 5.74) is 2.12. The summed E-state index contributed by atoms with van der Waals surface area (Å²) in [6, 6.07) is 16.9. The smallest absolute Gasteiger partial charge is 0.253 e. The quantitative estimate of drug-likeness (QED) is 0.804. The predicted octanol–water partition coefficient (Wildman–Crippen LogP) is 3.17. The van der Waals surface area contributed by atoms with Crippen molar-refractivity contribution in [1.29, 1.82) is 0 Å². The van der Waals surface area contributed by atoms with Crippen LogP contribution in [-0.4, -0.2) is 31.1 Å². The van der Waals surface area contributed by atoms with Gasteiger partial charge < -0.3 is 15.4 Å². The van der Waals surface area contributed by atoms with Gasteiger partial charge in [0.15, 0.2) is 0 Å². The summed E-state index contributed by atoms with van der Waals surface area (Å²) in [4.78, 5) is 24.7. The number of benzene rings is 2. The van der Waals surface area contributed by atoms with Crippen LogP contribution in [0.4, 0.5) is 5.69 Å². The first-order valence-electron chi connectivity index (χ1n) is 9.05. The molecule has 1 aliphatic heterocycles. The number of amides is 2. The Kier molecular flexibility index (Phi) is 6.39. The number of nitrogens with one attached hydrogen (secondary N) is 2. The third-order valence-corrected chi connectivity index (χ3v) is 4.44. The van der Waals surface area contributed by atoms with E-state index in [0.29, 0.717) is 30.6 Å². The highest BCUT2D eigenvalue weighted by molar-refractivity contribution is 6.03. The molecule has 0 aromatic heterocycles. The van der Waals surface area contributed by atoms with Crippen LogP contribution in [0.2, 0.25) is 0 Å². The van der Waals surface area contributed by atoms with Crippen molar-refractivity contribution in [3.63, 3.8) is 0 Å². The normalized spacial score (nSPS) is 16.2. The number of hydrogen-bond acceptors (Lipinski definition) is 3. The summed E-state index contributed by atoms with van der Waals surface area (Å²) >= 11 is 0. The van der Waals surface area contributed by atoms with Crippen molar-refractivity contribution in [2.75, 3.05) is 18.5 Å². The van der Waals surface area contributed by atoms with E-state index < -0.39 is 0 Å². The van der Waals surface area contributed by atoms with Crippen LogP contribution < -0.4 is 10.6 Å². The van der Waals surface area contributed by atoms with E-state index in [9.17, 15) is 9.59 Å². The SMILES string of the molecule is O=C(CCc1ccccc1)Nc1ccccc1C(=O)NCC1CCCO1. The van der Waals surface area contributed by atoms with Crippen LogP contribution in [0.5, 0.6) is 0 Å². The lowest BCUT2D eigenvalue weighted by Crippen LogP contribution is -2.32. The van der Waals surface area contributed by atoms with Crippen LogP contribution in [0.1, 0.15) is 35.2 Å². The van der Waals surface area contributed by atoms with Gasteiger partial charge in [0.25, 0.3) is 5.91 Å². The minimum Gasteiger partial charge on any atom is -0.376 e. The summed E-state index contributed by atoms with van der Waals surface area (Å²) in [6.45, 7) is 1.25. The number of carbonyl (C=O) groups excluding carboxylic acids is 2. The van der Waals surface area contributed by atoms with E-state index in [1.807, 2.05) is 36.4 Å². The van der Waals surface area contributed by atoms with E-state index in [0.717, 1.165) is 25.0 Å². The van der Waals surface area contributed by atoms with Crippen molar-refractivity contribution >= 4 is 17.5 Å². The Morgan fingerprint density at radius 2 is 1.81 bits per heavy atom. The molecule has 2 amide bonds. The van der Waals surface area contributed by atoms with Crippen LogP contribution in [0.25, 0.3) is 0 Å². The molecule has 3 rings (SSSR count). The van der Waals surface area contributed by atoms with Crippen LogP contribution >= 0.6 is 0 Å². The molecule has 1 heterocycles. The largest absolute Gasteiger partial charge is 0.376 e. The number of hydrogen-bond donors (Lipinski definition) is 2. The maximum absolute atomic E-state index is 12.5. The maximum Gasteiger partial charge on any atom is 0.253 e. The van der Waals surface area contributed by atoms with Crippen LogP contribution in [0, 0.1) is 0 Å². The summed E-state index contributed by atoms with van der Waals surface area (Å²) in [6.07, 6.45) is 3.13. The molecule has 1 atom stereocenters. The third-order valence-electron chi connectivity index (χ3n) is 4.44. The molecule has 2 aromatic carbocycles. The van der Waals surface area contributed by atoms with E-state index in [4.69, 9.17) is 4.74 Å². The highest BCUT2D eigenvalue weighted by Gasteiger charge is 2.18. The maximum atomic E-state index is 12.5. The van der Waals surface area contributed by atoms with Gasteiger partial charge in [0, 0.05) is 19.6 Å². The van der Waals surface area contributed by atoms with E-state index >= 15 is 0 Å². The van der Waals surface area contributed by atoms with E-state index in [-0.39, 0.29) is 17.9 Å². The zero-order valence-electron chi connectivity index (χ0n) is 14.7. The van der Waals surface area contributed by atoms with Gasteiger partial charge in [-0.2, -0.15) is 0 Å². The topological polar surface area (TPSA) is 67.4 Å². The second-order valence-electron chi connectivity index (χ2n) is 6.42. The molecule has 1 unspecified atom stereocenters. The summed E-state index contributed by atoms with van der Waals surface area (Å²) in [7, 11) is 0. The van der Waals surface area contributed by atoms with E-state index in [2.05, 4.69) is 10.6 Å². The highest BCUT2D eigenvalue weighted by Crippen LogP contribution is 2.16. The molecule has 5 nitrogen and oxygen atoms in total. The fourth-order valence-corrected chi connectivity index (χ4v) is 3.01. The van der Waals surface area contributed by atoms with Gasteiger partial charge in [0.2, 0.25) is 5.91 Å². The number of rotatable bonds is 7. The van der Waals surface area contributed by atoms with Gasteiger partial charge in [-0.05, 0) is 37.0 Å². The average molecular weight is 352 g/mol. The fraction of sp³-hybridized carbons (Fsp3) is 0.333. The number of aryl methyl sites for hydroxylation is 1. The van der Waals surface area contributed by atoms with Gasteiger partial charge in [-0.1, -0.05) is 42.5 Å². The van der Waals surface area contributed by atoms with Crippen molar-refractivity contribution in [1.82, 2.24) is 5.32 Å². The first-order chi connectivity index (χ1) is 12.7. The van der Waals surface area contributed by atoms with Crippen molar-refractivity contribution in [2.24, 2.45) is 0 Å². The number of para-hydroxylation sites is 1. The Morgan fingerprint density at radius 3 is 2.58 bits per heavy atom. The summed E-state index contributed by atoms with van der Waals surface area (Å²) in [5, 5.41) is 5.76. The predicted molar refractivity (Wildman–Crippen MR) is 101 cm³/mol. The van der Waals surface area contributed by atoms with Crippen molar-refractivity contribution in [3.8, 4) is 0 Å². The Bertz CT molecular complexity index is 740. The Morgan fingerprint density at radius 1 is 1.04 bits per heavy atom. The van der Waals surface area contributed by atoms with Gasteiger partial charge in [-0.3, -0.25) is 9.59 Å². The van der Waals surface area contributed by atoms with Crippen molar-refractivity contribution < 1.29 is 14.3 Å². The van der Waals surface area contributed by atoms with E-state index in [1.165, 1.54) is 0 Å². The Hall–Kier alpha value is -2.66. The molecular formula is C21H24N2O3. The average Bonchev–Trinajstić information content (AvgIpc) is 3.19. The lowest BCUT2D eigenvalue weighted by molar-refractivity contribution is -0.116. The number of ether oxygens (including phenoxy) is 1. The zero-order chi connectivity index (χ0) is 18.2. The monoisotopic (exact) mass is 352 g/mol. The summed E-state index contributed by atoms with van der Waals surface area (Å²) < 4.78 is 5.52. The van der Waals surface area contributed by atoms with Gasteiger partial charge in [-0.25, -0.2) is 0 Å². The Balaban J connectivity index is 1.55. The molecule has 2 N–H and O–H groups in total. The number of anilines is 1. The van der Waals surface area contributed by atoms with Crippen LogP contribution in [0.15, 0.2) is 54.6 Å². The molecule has 1 fully saturated rings. The zero-order valence-corrected chi connectivity index (χ0v) is 14.7. The van der Waals surface area contributed by atoms with Crippen LogP contribution in [-0.2, 0) is 16.0 Å². The second-order valence-corrected chi connectivity index (χ2v) is 6.42. The standard InChI is InChI=1S/C21H24N2O3/c24-20(13-12-16-7-2-1-3-8-16)23-19-11-5-4-10-18(19)21(25)22-15-17-9-6-14-26-17/h1-5,7-8,10-11,17H,6,9,12-15H2,(H,22,25)(H,23,24). The molecule has 5 heteroatoms. The summed E-state index contributed by atoms with van der Waals surface area (Å²) in [5.74, 6) is -0.298. The minimum absolute atomic E-state index is 0.0894. The van der Waals surface area contributed by atoms with Crippen molar-refractivity contribution in [2.45, 2.75) is 31.8 Å². The second kappa shape index (κ2) is 9.15. The molecule has 0 aliphatic carbocycles. The molecule has 26 heavy (non-hydrogen) atoms. The highest BCUT2D eigenvalue weighted by atomic mass is 16.5. The molecule has 0 spiro atoms. The first-order valence-corrected chi connectivity index (χ1v) is 9.05. The molecule has 136 valence electrons. The molecule has 0 bridgehead atoms. The fourth-order valence-electron chi connectivity index (χ4n) is 3.01. The van der Waals surface area contributed by atoms with Gasteiger partial charge in [0.1, 0.15) is 0 Å². The molecule has 1 saturated heterocycles. The lowest BCUT2D eigenvalue weighted by Gasteiger charge is -2.14. The van der Waals surface area contributed by atoms with E-state index in [1.54, 1.807) is 18.2 Å². The van der Waals surface area contributed by atoms with Gasteiger partial charge >= 0.3 is 0 Å². The first kappa shape index (κ1) is 18.1. The Labute approximate surface area is 153 Å². The molecule has 0 radical (unpaired) electrons. The number of carbonyl (C=O) groups is 2. The third kappa shape index (κ3) is 5.17. The van der Waals surface area contributed by atoms with Gasteiger partial charge in [0.05, 0.1) is 17.4 Å².